The number of hydrogen-bond donors (Lipinski definition) is 1. The lowest BCUT2D eigenvalue weighted by Gasteiger charge is -2.21. The fourth-order valence-corrected chi connectivity index (χ4v) is 1.78. The van der Waals surface area contributed by atoms with Crippen molar-refractivity contribution in [1.82, 2.24) is 4.90 Å². The first-order valence-electron chi connectivity index (χ1n) is 5.79. The van der Waals surface area contributed by atoms with Crippen molar-refractivity contribution in [3.05, 3.63) is 35.1 Å². The third-order valence-electron chi connectivity index (χ3n) is 2.72. The molecule has 0 aliphatic rings. The number of benzene rings is 1. The van der Waals surface area contributed by atoms with E-state index in [0.29, 0.717) is 35.6 Å². The summed E-state index contributed by atoms with van der Waals surface area (Å²) >= 11 is 4.80. The van der Waals surface area contributed by atoms with Gasteiger partial charge in [-0.1, -0.05) is 12.2 Å². The Balaban J connectivity index is 2.86. The van der Waals surface area contributed by atoms with Gasteiger partial charge in [0, 0.05) is 25.1 Å². The van der Waals surface area contributed by atoms with Crippen LogP contribution in [0, 0.1) is 12.7 Å². The van der Waals surface area contributed by atoms with E-state index in [2.05, 4.69) is 0 Å². The van der Waals surface area contributed by atoms with Gasteiger partial charge in [-0.15, -0.1) is 0 Å². The molecule has 0 bridgehead atoms. The van der Waals surface area contributed by atoms with Crippen LogP contribution >= 0.6 is 12.2 Å². The second-order valence-corrected chi connectivity index (χ2v) is 4.58. The summed E-state index contributed by atoms with van der Waals surface area (Å²) in [7, 11) is 0. The molecule has 0 fully saturated rings. The van der Waals surface area contributed by atoms with Crippen LogP contribution in [0.4, 0.5) is 4.39 Å². The Labute approximate surface area is 112 Å². The Kier molecular flexibility index (Phi) is 5.22. The highest BCUT2D eigenvalue weighted by molar-refractivity contribution is 7.80. The average molecular weight is 268 g/mol. The van der Waals surface area contributed by atoms with E-state index in [4.69, 9.17) is 18.0 Å². The summed E-state index contributed by atoms with van der Waals surface area (Å²) in [6.45, 7) is 4.66. The third kappa shape index (κ3) is 3.77. The Hall–Kier alpha value is -1.49. The maximum Gasteiger partial charge on any atom is 0.254 e. The lowest BCUT2D eigenvalue weighted by Crippen LogP contribution is -2.34. The fourth-order valence-electron chi connectivity index (χ4n) is 1.69. The molecule has 98 valence electrons. The van der Waals surface area contributed by atoms with Crippen LogP contribution in [0.5, 0.6) is 0 Å². The van der Waals surface area contributed by atoms with Gasteiger partial charge in [0.15, 0.2) is 0 Å². The highest BCUT2D eigenvalue weighted by Crippen LogP contribution is 2.13. The zero-order valence-corrected chi connectivity index (χ0v) is 11.4. The van der Waals surface area contributed by atoms with Gasteiger partial charge < -0.3 is 10.6 Å². The topological polar surface area (TPSA) is 46.3 Å². The van der Waals surface area contributed by atoms with Crippen molar-refractivity contribution >= 4 is 23.1 Å². The van der Waals surface area contributed by atoms with Crippen LogP contribution in [0.15, 0.2) is 18.2 Å². The van der Waals surface area contributed by atoms with E-state index in [1.807, 2.05) is 6.92 Å². The van der Waals surface area contributed by atoms with Crippen molar-refractivity contribution < 1.29 is 9.18 Å². The van der Waals surface area contributed by atoms with E-state index in [9.17, 15) is 9.18 Å². The molecular weight excluding hydrogens is 251 g/mol. The molecule has 0 heterocycles. The second kappa shape index (κ2) is 6.44. The SMILES string of the molecule is CCN(CCC(N)=S)C(=O)c1ccc(F)cc1C. The molecule has 3 nitrogen and oxygen atoms in total. The molecule has 0 saturated carbocycles. The Morgan fingerprint density at radius 2 is 2.17 bits per heavy atom. The molecule has 0 atom stereocenters. The molecule has 18 heavy (non-hydrogen) atoms. The molecule has 0 aliphatic heterocycles. The number of rotatable bonds is 5. The molecule has 2 N–H and O–H groups in total. The predicted molar refractivity (Wildman–Crippen MR) is 74.1 cm³/mol. The number of carbonyl (C=O) groups excluding carboxylic acids is 1. The van der Waals surface area contributed by atoms with Crippen molar-refractivity contribution in [2.75, 3.05) is 13.1 Å². The summed E-state index contributed by atoms with van der Waals surface area (Å²) < 4.78 is 13.0. The smallest absolute Gasteiger partial charge is 0.254 e. The summed E-state index contributed by atoms with van der Waals surface area (Å²) in [5, 5.41) is 0. The standard InChI is InChI=1S/C13H17FN2OS/c1-3-16(7-6-12(15)18)13(17)11-5-4-10(14)8-9(11)2/h4-5,8H,3,6-7H2,1-2H3,(H2,15,18). The quantitative estimate of drug-likeness (QED) is 0.833. The van der Waals surface area contributed by atoms with Crippen molar-refractivity contribution in [2.24, 2.45) is 5.73 Å². The van der Waals surface area contributed by atoms with Crippen molar-refractivity contribution in [3.63, 3.8) is 0 Å². The van der Waals surface area contributed by atoms with Crippen molar-refractivity contribution in [2.45, 2.75) is 20.3 Å². The molecule has 0 radical (unpaired) electrons. The van der Waals surface area contributed by atoms with Crippen LogP contribution < -0.4 is 5.73 Å². The largest absolute Gasteiger partial charge is 0.393 e. The van der Waals surface area contributed by atoms with Crippen LogP contribution in [0.2, 0.25) is 0 Å². The van der Waals surface area contributed by atoms with Crippen LogP contribution in [0.1, 0.15) is 29.3 Å². The van der Waals surface area contributed by atoms with Crippen LogP contribution in [0.3, 0.4) is 0 Å². The highest BCUT2D eigenvalue weighted by atomic mass is 32.1. The molecule has 1 aromatic rings. The molecule has 1 aromatic carbocycles. The second-order valence-electron chi connectivity index (χ2n) is 4.06. The van der Waals surface area contributed by atoms with Gasteiger partial charge >= 0.3 is 0 Å². The van der Waals surface area contributed by atoms with Gasteiger partial charge in [0.25, 0.3) is 5.91 Å². The van der Waals surface area contributed by atoms with E-state index < -0.39 is 0 Å². The van der Waals surface area contributed by atoms with E-state index in [1.54, 1.807) is 11.8 Å². The number of nitrogens with zero attached hydrogens (tertiary/aromatic N) is 1. The van der Waals surface area contributed by atoms with Gasteiger partial charge in [0.2, 0.25) is 0 Å². The average Bonchev–Trinajstić information content (AvgIpc) is 2.29. The minimum Gasteiger partial charge on any atom is -0.393 e. The molecule has 0 unspecified atom stereocenters. The number of hydrogen-bond acceptors (Lipinski definition) is 2. The molecule has 1 rings (SSSR count). The molecule has 0 saturated heterocycles. The minimum absolute atomic E-state index is 0.119. The van der Waals surface area contributed by atoms with Gasteiger partial charge in [-0.2, -0.15) is 0 Å². The number of halogens is 1. The van der Waals surface area contributed by atoms with Crippen LogP contribution in [0.25, 0.3) is 0 Å². The van der Waals surface area contributed by atoms with Crippen molar-refractivity contribution in [3.8, 4) is 0 Å². The minimum atomic E-state index is -0.338. The summed E-state index contributed by atoms with van der Waals surface area (Å²) in [4.78, 5) is 14.3. The first-order valence-corrected chi connectivity index (χ1v) is 6.20. The maximum absolute atomic E-state index is 13.0. The van der Waals surface area contributed by atoms with Gasteiger partial charge in [0.1, 0.15) is 5.82 Å². The van der Waals surface area contributed by atoms with Crippen LogP contribution in [-0.4, -0.2) is 28.9 Å². The van der Waals surface area contributed by atoms with E-state index in [1.165, 1.54) is 18.2 Å². The molecule has 1 amide bonds. The Morgan fingerprint density at radius 3 is 2.67 bits per heavy atom. The zero-order valence-electron chi connectivity index (χ0n) is 10.6. The lowest BCUT2D eigenvalue weighted by atomic mass is 10.1. The lowest BCUT2D eigenvalue weighted by molar-refractivity contribution is 0.0768. The van der Waals surface area contributed by atoms with Gasteiger partial charge in [-0.3, -0.25) is 4.79 Å². The predicted octanol–water partition coefficient (Wildman–Crippen LogP) is 2.27. The number of aryl methyl sites for hydroxylation is 1. The third-order valence-corrected chi connectivity index (χ3v) is 2.92. The first kappa shape index (κ1) is 14.6. The highest BCUT2D eigenvalue weighted by Gasteiger charge is 2.16. The molecule has 0 aromatic heterocycles. The van der Waals surface area contributed by atoms with E-state index in [0.717, 1.165) is 0 Å². The maximum atomic E-state index is 13.0. The Bertz CT molecular complexity index is 462. The monoisotopic (exact) mass is 268 g/mol. The number of nitrogens with two attached hydrogens (primary N) is 1. The van der Waals surface area contributed by atoms with Crippen molar-refractivity contribution in [1.29, 1.82) is 0 Å². The molecular formula is C13H17FN2OS. The summed E-state index contributed by atoms with van der Waals surface area (Å²) in [6.07, 6.45) is 0.495. The van der Waals surface area contributed by atoms with Gasteiger partial charge in [-0.25, -0.2) is 4.39 Å². The zero-order chi connectivity index (χ0) is 13.7. The number of thiocarbonyl (C=S) groups is 1. The summed E-state index contributed by atoms with van der Waals surface area (Å²) in [5.74, 6) is -0.457. The molecule has 5 heteroatoms. The van der Waals surface area contributed by atoms with Crippen LogP contribution in [-0.2, 0) is 0 Å². The summed E-state index contributed by atoms with van der Waals surface area (Å²) in [6, 6.07) is 4.16. The van der Waals surface area contributed by atoms with Gasteiger partial charge in [0.05, 0.1) is 4.99 Å². The first-order chi connectivity index (χ1) is 8.45. The van der Waals surface area contributed by atoms with Gasteiger partial charge in [-0.05, 0) is 37.6 Å². The van der Waals surface area contributed by atoms with E-state index in [-0.39, 0.29) is 11.7 Å². The summed E-state index contributed by atoms with van der Waals surface area (Å²) in [5.41, 5.74) is 6.58. The molecule has 0 aliphatic carbocycles. The number of amides is 1. The molecule has 0 spiro atoms. The Morgan fingerprint density at radius 1 is 1.50 bits per heavy atom. The number of carbonyl (C=O) groups is 1. The fraction of sp³-hybridized carbons (Fsp3) is 0.385. The normalized spacial score (nSPS) is 10.2. The van der Waals surface area contributed by atoms with E-state index >= 15 is 0 Å².